The van der Waals surface area contributed by atoms with Gasteiger partial charge in [0, 0.05) is 30.3 Å². The molecule has 0 aliphatic carbocycles. The molecule has 0 atom stereocenters. The Morgan fingerprint density at radius 3 is 2.68 bits per heavy atom. The molecule has 28 heavy (non-hydrogen) atoms. The number of thiophene rings is 1. The zero-order valence-electron chi connectivity index (χ0n) is 16.1. The highest BCUT2D eigenvalue weighted by atomic mass is 32.1. The first-order chi connectivity index (χ1) is 13.6. The summed E-state index contributed by atoms with van der Waals surface area (Å²) in [6, 6.07) is 14.5. The van der Waals surface area contributed by atoms with Crippen molar-refractivity contribution < 1.29 is 4.79 Å². The monoisotopic (exact) mass is 390 g/mol. The second kappa shape index (κ2) is 7.68. The van der Waals surface area contributed by atoms with Crippen LogP contribution in [-0.2, 0) is 17.8 Å². The minimum Gasteiger partial charge on any atom is -0.300 e. The lowest BCUT2D eigenvalue weighted by Crippen LogP contribution is -2.26. The number of aromatic nitrogens is 2. The van der Waals surface area contributed by atoms with Crippen LogP contribution in [-0.4, -0.2) is 15.3 Å². The van der Waals surface area contributed by atoms with Crippen molar-refractivity contribution in [2.75, 3.05) is 0 Å². The van der Waals surface area contributed by atoms with Crippen LogP contribution in [0.25, 0.3) is 32.1 Å². The molecule has 0 bridgehead atoms. The largest absolute Gasteiger partial charge is 0.300 e. The van der Waals surface area contributed by atoms with Gasteiger partial charge in [0.2, 0.25) is 0 Å². The number of aryl methyl sites for hydroxylation is 1. The van der Waals surface area contributed by atoms with Crippen molar-refractivity contribution in [3.8, 4) is 11.1 Å². The summed E-state index contributed by atoms with van der Waals surface area (Å²) in [4.78, 5) is 30.4. The Labute approximate surface area is 167 Å². The van der Waals surface area contributed by atoms with E-state index in [-0.39, 0.29) is 11.3 Å². The second-order valence-electron chi connectivity index (χ2n) is 7.08. The zero-order chi connectivity index (χ0) is 19.7. The first-order valence-corrected chi connectivity index (χ1v) is 10.5. The zero-order valence-corrected chi connectivity index (χ0v) is 16.9. The average Bonchev–Trinajstić information content (AvgIpc) is 3.11. The number of benzene rings is 2. The predicted molar refractivity (Wildman–Crippen MR) is 116 cm³/mol. The van der Waals surface area contributed by atoms with E-state index in [2.05, 4.69) is 37.3 Å². The van der Waals surface area contributed by atoms with E-state index in [1.54, 1.807) is 11.5 Å². The van der Waals surface area contributed by atoms with Gasteiger partial charge in [-0.15, -0.1) is 11.3 Å². The van der Waals surface area contributed by atoms with Gasteiger partial charge in [-0.1, -0.05) is 43.3 Å². The Morgan fingerprint density at radius 1 is 1.14 bits per heavy atom. The fourth-order valence-corrected chi connectivity index (χ4v) is 4.51. The van der Waals surface area contributed by atoms with Gasteiger partial charge in [-0.05, 0) is 35.7 Å². The Morgan fingerprint density at radius 2 is 1.93 bits per heavy atom. The molecule has 0 saturated carbocycles. The standard InChI is InChI=1S/C23H22N2O2S/c1-3-6-20-24-22-21(23(27)25(20)12-11-15(2)26)19(14-28-22)18-10-9-16-7-4-5-8-17(16)13-18/h4-5,7-10,13-14H,3,6,11-12H2,1-2H3. The molecular weight excluding hydrogens is 368 g/mol. The molecule has 0 N–H and O–H groups in total. The lowest BCUT2D eigenvalue weighted by atomic mass is 10.0. The minimum absolute atomic E-state index is 0.0425. The highest BCUT2D eigenvalue weighted by Crippen LogP contribution is 2.33. The van der Waals surface area contributed by atoms with Gasteiger partial charge in [0.05, 0.1) is 5.39 Å². The van der Waals surface area contributed by atoms with Crippen molar-refractivity contribution in [3.05, 3.63) is 64.0 Å². The van der Waals surface area contributed by atoms with E-state index in [0.29, 0.717) is 18.4 Å². The Balaban J connectivity index is 1.91. The first-order valence-electron chi connectivity index (χ1n) is 9.58. The van der Waals surface area contributed by atoms with Crippen molar-refractivity contribution in [2.45, 2.75) is 39.7 Å². The predicted octanol–water partition coefficient (Wildman–Crippen LogP) is 5.21. The summed E-state index contributed by atoms with van der Waals surface area (Å²) in [5.74, 6) is 0.850. The summed E-state index contributed by atoms with van der Waals surface area (Å²) < 4.78 is 1.70. The minimum atomic E-state index is -0.0425. The van der Waals surface area contributed by atoms with E-state index in [1.807, 2.05) is 17.5 Å². The topological polar surface area (TPSA) is 52.0 Å². The SMILES string of the molecule is CCCc1nc2scc(-c3ccc4ccccc4c3)c2c(=O)n1CCC(C)=O. The number of rotatable bonds is 6. The molecule has 2 heterocycles. The summed E-state index contributed by atoms with van der Waals surface area (Å²) >= 11 is 1.51. The van der Waals surface area contributed by atoms with Crippen molar-refractivity contribution in [1.29, 1.82) is 0 Å². The average molecular weight is 391 g/mol. The van der Waals surface area contributed by atoms with E-state index in [9.17, 15) is 9.59 Å². The summed E-state index contributed by atoms with van der Waals surface area (Å²) in [6.45, 7) is 4.02. The summed E-state index contributed by atoms with van der Waals surface area (Å²) in [7, 11) is 0. The normalized spacial score (nSPS) is 11.4. The number of Topliss-reactive ketones (excluding diaryl/α,β-unsaturated/α-hetero) is 1. The molecule has 5 heteroatoms. The Kier molecular flexibility index (Phi) is 5.09. The van der Waals surface area contributed by atoms with Gasteiger partial charge in [-0.3, -0.25) is 14.2 Å². The van der Waals surface area contributed by atoms with Crippen LogP contribution in [0.4, 0.5) is 0 Å². The highest BCUT2D eigenvalue weighted by molar-refractivity contribution is 7.17. The van der Waals surface area contributed by atoms with E-state index >= 15 is 0 Å². The molecule has 0 fully saturated rings. The number of hydrogen-bond acceptors (Lipinski definition) is 4. The number of carbonyl (C=O) groups excluding carboxylic acids is 1. The van der Waals surface area contributed by atoms with E-state index in [4.69, 9.17) is 4.98 Å². The van der Waals surface area contributed by atoms with E-state index < -0.39 is 0 Å². The van der Waals surface area contributed by atoms with Crippen molar-refractivity contribution in [2.24, 2.45) is 0 Å². The van der Waals surface area contributed by atoms with Gasteiger partial charge >= 0.3 is 0 Å². The second-order valence-corrected chi connectivity index (χ2v) is 7.94. The Hall–Kier alpha value is -2.79. The third-order valence-electron chi connectivity index (χ3n) is 4.99. The van der Waals surface area contributed by atoms with Crippen LogP contribution < -0.4 is 5.56 Å². The molecule has 0 saturated heterocycles. The molecule has 0 aliphatic rings. The molecule has 0 radical (unpaired) electrons. The molecule has 4 aromatic rings. The maximum atomic E-state index is 13.4. The van der Waals surface area contributed by atoms with Crippen LogP contribution in [0.15, 0.2) is 52.6 Å². The molecule has 0 unspecified atom stereocenters. The van der Waals surface area contributed by atoms with Gasteiger partial charge < -0.3 is 0 Å². The third-order valence-corrected chi connectivity index (χ3v) is 5.87. The smallest absolute Gasteiger partial charge is 0.262 e. The van der Waals surface area contributed by atoms with Crippen molar-refractivity contribution in [3.63, 3.8) is 0 Å². The van der Waals surface area contributed by atoms with E-state index in [0.717, 1.165) is 40.0 Å². The first kappa shape index (κ1) is 18.6. The van der Waals surface area contributed by atoms with Gasteiger partial charge in [0.25, 0.3) is 5.56 Å². The fraction of sp³-hybridized carbons (Fsp3) is 0.261. The maximum Gasteiger partial charge on any atom is 0.262 e. The number of carbonyl (C=O) groups is 1. The van der Waals surface area contributed by atoms with E-state index in [1.165, 1.54) is 16.7 Å². The van der Waals surface area contributed by atoms with Gasteiger partial charge in [0.15, 0.2) is 0 Å². The number of fused-ring (bicyclic) bond motifs is 2. The quantitative estimate of drug-likeness (QED) is 0.454. The number of ketones is 1. The van der Waals surface area contributed by atoms with Crippen LogP contribution >= 0.6 is 11.3 Å². The van der Waals surface area contributed by atoms with Gasteiger partial charge in [0.1, 0.15) is 16.4 Å². The molecule has 4 nitrogen and oxygen atoms in total. The maximum absolute atomic E-state index is 13.4. The molecular formula is C23H22N2O2S. The Bertz CT molecular complexity index is 1240. The summed E-state index contributed by atoms with van der Waals surface area (Å²) in [5.41, 5.74) is 1.90. The fourth-order valence-electron chi connectivity index (χ4n) is 3.55. The molecule has 142 valence electrons. The van der Waals surface area contributed by atoms with Crippen LogP contribution in [0.3, 0.4) is 0 Å². The van der Waals surface area contributed by atoms with Crippen LogP contribution in [0.5, 0.6) is 0 Å². The third kappa shape index (κ3) is 3.38. The molecule has 0 amide bonds. The molecule has 2 aromatic carbocycles. The lowest BCUT2D eigenvalue weighted by Gasteiger charge is -2.12. The van der Waals surface area contributed by atoms with Crippen LogP contribution in [0.1, 0.15) is 32.5 Å². The summed E-state index contributed by atoms with van der Waals surface area (Å²) in [6.07, 6.45) is 1.98. The highest BCUT2D eigenvalue weighted by Gasteiger charge is 2.17. The van der Waals surface area contributed by atoms with Gasteiger partial charge in [-0.25, -0.2) is 4.98 Å². The van der Waals surface area contributed by atoms with Crippen molar-refractivity contribution in [1.82, 2.24) is 9.55 Å². The molecule has 4 rings (SSSR count). The molecule has 2 aromatic heterocycles. The molecule has 0 aliphatic heterocycles. The molecule has 0 spiro atoms. The summed E-state index contributed by atoms with van der Waals surface area (Å²) in [5, 5.41) is 5.00. The number of hydrogen-bond donors (Lipinski definition) is 0. The van der Waals surface area contributed by atoms with Crippen LogP contribution in [0.2, 0.25) is 0 Å². The van der Waals surface area contributed by atoms with Crippen LogP contribution in [0, 0.1) is 0 Å². The lowest BCUT2D eigenvalue weighted by molar-refractivity contribution is -0.117. The number of nitrogens with zero attached hydrogens (tertiary/aromatic N) is 2. The van der Waals surface area contributed by atoms with Crippen molar-refractivity contribution >= 4 is 38.1 Å². The van der Waals surface area contributed by atoms with Gasteiger partial charge in [-0.2, -0.15) is 0 Å².